The summed E-state index contributed by atoms with van der Waals surface area (Å²) < 4.78 is 1.90. The molecule has 2 aromatic heterocycles. The highest BCUT2D eigenvalue weighted by Gasteiger charge is 2.17. The van der Waals surface area contributed by atoms with Gasteiger partial charge < -0.3 is 0 Å². The Morgan fingerprint density at radius 2 is 2.33 bits per heavy atom. The zero-order valence-electron chi connectivity index (χ0n) is 10.2. The summed E-state index contributed by atoms with van der Waals surface area (Å²) in [6.45, 7) is 3.00. The second kappa shape index (κ2) is 5.95. The fourth-order valence-electron chi connectivity index (χ4n) is 1.87. The van der Waals surface area contributed by atoms with Crippen molar-refractivity contribution in [2.75, 3.05) is 0 Å². The van der Waals surface area contributed by atoms with Gasteiger partial charge >= 0.3 is 0 Å². The number of hydrogen-bond acceptors (Lipinski definition) is 4. The number of nitrogens with one attached hydrogen (secondary N) is 1. The van der Waals surface area contributed by atoms with Gasteiger partial charge in [-0.05, 0) is 18.1 Å². The van der Waals surface area contributed by atoms with Crippen molar-refractivity contribution < 1.29 is 0 Å². The summed E-state index contributed by atoms with van der Waals surface area (Å²) in [5.41, 5.74) is 4.64. The van der Waals surface area contributed by atoms with Crippen LogP contribution >= 0.6 is 11.6 Å². The van der Waals surface area contributed by atoms with Gasteiger partial charge in [-0.3, -0.25) is 15.5 Å². The van der Waals surface area contributed by atoms with Crippen LogP contribution in [0.1, 0.15) is 30.5 Å². The summed E-state index contributed by atoms with van der Waals surface area (Å²) >= 11 is 6.13. The first-order chi connectivity index (χ1) is 8.76. The second-order valence-electron chi connectivity index (χ2n) is 4.03. The Labute approximate surface area is 111 Å². The molecule has 0 saturated carbocycles. The lowest BCUT2D eigenvalue weighted by molar-refractivity contribution is 0.598. The maximum absolute atomic E-state index is 6.13. The van der Waals surface area contributed by atoms with Gasteiger partial charge in [0.1, 0.15) is 0 Å². The lowest BCUT2D eigenvalue weighted by atomic mass is 10.0. The number of hydrogen-bond donors (Lipinski definition) is 2. The molecule has 18 heavy (non-hydrogen) atoms. The zero-order chi connectivity index (χ0) is 13.0. The zero-order valence-corrected chi connectivity index (χ0v) is 10.9. The molecule has 6 heteroatoms. The highest BCUT2D eigenvalue weighted by Crippen LogP contribution is 2.26. The monoisotopic (exact) mass is 265 g/mol. The number of nitrogens with zero attached hydrogens (tertiary/aromatic N) is 3. The molecule has 1 unspecified atom stereocenters. The third kappa shape index (κ3) is 2.69. The Bertz CT molecular complexity index is 511. The number of aryl methyl sites for hydroxylation is 1. The third-order valence-corrected chi connectivity index (χ3v) is 3.04. The van der Waals surface area contributed by atoms with Crippen molar-refractivity contribution in [1.29, 1.82) is 0 Å². The molecule has 0 amide bonds. The molecule has 3 N–H and O–H groups in total. The Balaban J connectivity index is 2.30. The van der Waals surface area contributed by atoms with Crippen LogP contribution in [0.2, 0.25) is 5.02 Å². The summed E-state index contributed by atoms with van der Waals surface area (Å²) in [6.07, 6.45) is 8.12. The van der Waals surface area contributed by atoms with Crippen LogP contribution in [0.25, 0.3) is 0 Å². The molecule has 96 valence electrons. The van der Waals surface area contributed by atoms with Gasteiger partial charge in [-0.2, -0.15) is 5.10 Å². The molecule has 0 bridgehead atoms. The summed E-state index contributed by atoms with van der Waals surface area (Å²) in [5.74, 6) is 5.62. The van der Waals surface area contributed by atoms with Gasteiger partial charge in [-0.25, -0.2) is 5.43 Å². The quantitative estimate of drug-likeness (QED) is 0.640. The maximum Gasteiger partial charge on any atom is 0.0756 e. The highest BCUT2D eigenvalue weighted by atomic mass is 35.5. The fraction of sp³-hybridized carbons (Fsp3) is 0.333. The molecule has 0 fully saturated rings. The van der Waals surface area contributed by atoms with E-state index in [1.165, 1.54) is 0 Å². The van der Waals surface area contributed by atoms with E-state index in [2.05, 4.69) is 22.4 Å². The minimum absolute atomic E-state index is 0.175. The number of rotatable bonds is 5. The minimum atomic E-state index is -0.175. The molecule has 5 nitrogen and oxygen atoms in total. The second-order valence-corrected chi connectivity index (χ2v) is 4.44. The number of pyridine rings is 1. The molecular weight excluding hydrogens is 250 g/mol. The van der Waals surface area contributed by atoms with Crippen LogP contribution in [0.4, 0.5) is 0 Å². The molecular formula is C12H16ClN5. The molecule has 0 radical (unpaired) electrons. The van der Waals surface area contributed by atoms with Gasteiger partial charge in [0.2, 0.25) is 0 Å². The van der Waals surface area contributed by atoms with Crippen molar-refractivity contribution in [3.05, 3.63) is 47.0 Å². The molecule has 2 heterocycles. The van der Waals surface area contributed by atoms with Crippen molar-refractivity contribution in [2.45, 2.75) is 25.9 Å². The molecule has 0 aromatic carbocycles. The van der Waals surface area contributed by atoms with Crippen LogP contribution in [0.3, 0.4) is 0 Å². The van der Waals surface area contributed by atoms with Crippen molar-refractivity contribution in [3.8, 4) is 0 Å². The predicted molar refractivity (Wildman–Crippen MR) is 70.9 cm³/mol. The van der Waals surface area contributed by atoms with Crippen LogP contribution in [0.15, 0.2) is 30.9 Å². The summed E-state index contributed by atoms with van der Waals surface area (Å²) in [6, 6.07) is 1.68. The molecule has 0 aliphatic carbocycles. The first kappa shape index (κ1) is 13.0. The van der Waals surface area contributed by atoms with Gasteiger partial charge in [0, 0.05) is 30.7 Å². The minimum Gasteiger partial charge on any atom is -0.272 e. The van der Waals surface area contributed by atoms with Crippen molar-refractivity contribution in [2.24, 2.45) is 5.84 Å². The van der Waals surface area contributed by atoms with E-state index in [-0.39, 0.29) is 6.04 Å². The Hall–Kier alpha value is -1.43. The molecule has 0 aliphatic rings. The van der Waals surface area contributed by atoms with E-state index >= 15 is 0 Å². The van der Waals surface area contributed by atoms with E-state index in [0.29, 0.717) is 5.02 Å². The smallest absolute Gasteiger partial charge is 0.0756 e. The van der Waals surface area contributed by atoms with E-state index in [4.69, 9.17) is 17.4 Å². The molecule has 0 saturated heterocycles. The molecule has 0 aliphatic heterocycles. The lowest BCUT2D eigenvalue weighted by Crippen LogP contribution is -2.28. The molecule has 2 rings (SSSR count). The Morgan fingerprint density at radius 3 is 3.00 bits per heavy atom. The topological polar surface area (TPSA) is 68.8 Å². The fourth-order valence-corrected chi connectivity index (χ4v) is 2.09. The van der Waals surface area contributed by atoms with E-state index in [1.807, 2.05) is 16.9 Å². The summed E-state index contributed by atoms with van der Waals surface area (Å²) in [5, 5.41) is 4.88. The SMILES string of the molecule is CCCn1cc(C(NN)c2ccncc2Cl)cn1. The maximum atomic E-state index is 6.13. The average molecular weight is 266 g/mol. The standard InChI is InChI=1S/C12H16ClN5/c1-2-5-18-8-9(6-16-18)12(17-14)10-3-4-15-7-11(10)13/h3-4,6-8,12,17H,2,5,14H2,1H3. The van der Waals surface area contributed by atoms with E-state index < -0.39 is 0 Å². The van der Waals surface area contributed by atoms with Gasteiger partial charge in [-0.1, -0.05) is 18.5 Å². The van der Waals surface area contributed by atoms with E-state index in [9.17, 15) is 0 Å². The highest BCUT2D eigenvalue weighted by molar-refractivity contribution is 6.31. The van der Waals surface area contributed by atoms with Gasteiger partial charge in [0.25, 0.3) is 0 Å². The van der Waals surface area contributed by atoms with Crippen LogP contribution in [-0.4, -0.2) is 14.8 Å². The number of hydrazine groups is 1. The normalized spacial score (nSPS) is 12.6. The third-order valence-electron chi connectivity index (χ3n) is 2.72. The molecule has 0 spiro atoms. The number of aromatic nitrogens is 3. The van der Waals surface area contributed by atoms with Crippen LogP contribution in [0, 0.1) is 0 Å². The van der Waals surface area contributed by atoms with Gasteiger partial charge in [-0.15, -0.1) is 0 Å². The summed E-state index contributed by atoms with van der Waals surface area (Å²) in [7, 11) is 0. The number of halogens is 1. The number of nitrogens with two attached hydrogens (primary N) is 1. The summed E-state index contributed by atoms with van der Waals surface area (Å²) in [4.78, 5) is 3.97. The van der Waals surface area contributed by atoms with Gasteiger partial charge in [0.05, 0.1) is 17.3 Å². The molecule has 1 atom stereocenters. The largest absolute Gasteiger partial charge is 0.272 e. The van der Waals surface area contributed by atoms with Crippen LogP contribution in [-0.2, 0) is 6.54 Å². The van der Waals surface area contributed by atoms with Crippen LogP contribution in [0.5, 0.6) is 0 Å². The predicted octanol–water partition coefficient (Wildman–Crippen LogP) is 1.89. The van der Waals surface area contributed by atoms with Crippen LogP contribution < -0.4 is 11.3 Å². The average Bonchev–Trinajstić information content (AvgIpc) is 2.82. The lowest BCUT2D eigenvalue weighted by Gasteiger charge is -2.15. The Kier molecular flexibility index (Phi) is 4.30. The molecule has 2 aromatic rings. The van der Waals surface area contributed by atoms with Gasteiger partial charge in [0.15, 0.2) is 0 Å². The Morgan fingerprint density at radius 1 is 1.50 bits per heavy atom. The van der Waals surface area contributed by atoms with Crippen molar-refractivity contribution in [1.82, 2.24) is 20.2 Å². The van der Waals surface area contributed by atoms with Crippen molar-refractivity contribution >= 4 is 11.6 Å². The first-order valence-corrected chi connectivity index (χ1v) is 6.22. The van der Waals surface area contributed by atoms with E-state index in [0.717, 1.165) is 24.1 Å². The first-order valence-electron chi connectivity index (χ1n) is 5.84. The van der Waals surface area contributed by atoms with E-state index in [1.54, 1.807) is 18.6 Å². The van der Waals surface area contributed by atoms with Crippen molar-refractivity contribution in [3.63, 3.8) is 0 Å².